The van der Waals surface area contributed by atoms with Gasteiger partial charge in [-0.2, -0.15) is 0 Å². The van der Waals surface area contributed by atoms with Crippen LogP contribution in [0.3, 0.4) is 0 Å². The molecule has 1 atom stereocenters. The Balaban J connectivity index is 1.64. The van der Waals surface area contributed by atoms with Crippen LogP contribution in [0, 0.1) is 0 Å². The smallest absolute Gasteiger partial charge is 0.223 e. The van der Waals surface area contributed by atoms with Crippen LogP contribution in [-0.4, -0.2) is 33.2 Å². The Kier molecular flexibility index (Phi) is 5.94. The van der Waals surface area contributed by atoms with E-state index in [0.29, 0.717) is 18.8 Å². The van der Waals surface area contributed by atoms with Crippen molar-refractivity contribution in [3.8, 4) is 0 Å². The summed E-state index contributed by atoms with van der Waals surface area (Å²) >= 11 is 0. The van der Waals surface area contributed by atoms with Gasteiger partial charge in [0.15, 0.2) is 5.82 Å². The summed E-state index contributed by atoms with van der Waals surface area (Å²) in [6.45, 7) is 2.60. The van der Waals surface area contributed by atoms with Gasteiger partial charge >= 0.3 is 0 Å². The largest absolute Gasteiger partial charge is 0.351 e. The molecule has 1 aromatic heterocycles. The fraction of sp³-hybridized carbons (Fsp3) is 0.400. The molecule has 0 aliphatic carbocycles. The lowest BCUT2D eigenvalue weighted by Crippen LogP contribution is -2.32. The summed E-state index contributed by atoms with van der Waals surface area (Å²) in [6, 6.07) is 11.8. The van der Waals surface area contributed by atoms with Gasteiger partial charge in [0, 0.05) is 26.1 Å². The van der Waals surface area contributed by atoms with Crippen LogP contribution in [0.15, 0.2) is 42.6 Å². The van der Waals surface area contributed by atoms with Gasteiger partial charge in [0.25, 0.3) is 0 Å². The lowest BCUT2D eigenvalue weighted by Gasteiger charge is -2.24. The summed E-state index contributed by atoms with van der Waals surface area (Å²) in [4.78, 5) is 34.6. The lowest BCUT2D eigenvalue weighted by molar-refractivity contribution is -0.132. The SMILES string of the molecule is CC(=O)NCc1ccnc([C@@H]2CCCN2C(=O)CCc2ccccc2)n1. The zero-order chi connectivity index (χ0) is 18.4. The summed E-state index contributed by atoms with van der Waals surface area (Å²) in [5, 5.41) is 2.74. The van der Waals surface area contributed by atoms with Gasteiger partial charge in [0.05, 0.1) is 18.3 Å². The first-order valence-electron chi connectivity index (χ1n) is 9.03. The van der Waals surface area contributed by atoms with Crippen molar-refractivity contribution in [2.75, 3.05) is 6.54 Å². The standard InChI is InChI=1S/C20H24N4O2/c1-15(25)22-14-17-11-12-21-20(23-17)18-8-5-13-24(18)19(26)10-9-16-6-3-2-4-7-16/h2-4,6-7,11-12,18H,5,8-10,13-14H2,1H3,(H,22,25)/t18-/m0/s1. The Morgan fingerprint density at radius 3 is 2.81 bits per heavy atom. The molecule has 26 heavy (non-hydrogen) atoms. The Morgan fingerprint density at radius 2 is 2.04 bits per heavy atom. The fourth-order valence-electron chi connectivity index (χ4n) is 3.26. The average molecular weight is 352 g/mol. The molecule has 0 spiro atoms. The van der Waals surface area contributed by atoms with Gasteiger partial charge < -0.3 is 10.2 Å². The molecular formula is C20H24N4O2. The molecule has 0 unspecified atom stereocenters. The van der Waals surface area contributed by atoms with Crippen LogP contribution in [0.2, 0.25) is 0 Å². The van der Waals surface area contributed by atoms with E-state index in [2.05, 4.69) is 15.3 Å². The maximum Gasteiger partial charge on any atom is 0.223 e. The zero-order valence-electron chi connectivity index (χ0n) is 15.0. The van der Waals surface area contributed by atoms with Crippen LogP contribution in [0.25, 0.3) is 0 Å². The Morgan fingerprint density at radius 1 is 1.23 bits per heavy atom. The predicted octanol–water partition coefficient (Wildman–Crippen LogP) is 2.41. The Hall–Kier alpha value is -2.76. The van der Waals surface area contributed by atoms with E-state index in [1.54, 1.807) is 12.3 Å². The number of hydrogen-bond acceptors (Lipinski definition) is 4. The van der Waals surface area contributed by atoms with Crippen molar-refractivity contribution in [3.05, 3.63) is 59.7 Å². The molecule has 2 amide bonds. The summed E-state index contributed by atoms with van der Waals surface area (Å²) in [5.41, 5.74) is 1.93. The number of carbonyl (C=O) groups is 2. The molecule has 136 valence electrons. The maximum atomic E-state index is 12.7. The van der Waals surface area contributed by atoms with E-state index in [0.717, 1.165) is 31.5 Å². The molecular weight excluding hydrogens is 328 g/mol. The van der Waals surface area contributed by atoms with Gasteiger partial charge in [-0.1, -0.05) is 30.3 Å². The maximum absolute atomic E-state index is 12.7. The monoisotopic (exact) mass is 352 g/mol. The molecule has 2 aromatic rings. The van der Waals surface area contributed by atoms with E-state index in [-0.39, 0.29) is 17.9 Å². The highest BCUT2D eigenvalue weighted by Crippen LogP contribution is 2.30. The van der Waals surface area contributed by atoms with Gasteiger partial charge in [0.1, 0.15) is 0 Å². The molecule has 2 heterocycles. The molecule has 1 N–H and O–H groups in total. The third-order valence-electron chi connectivity index (χ3n) is 4.59. The minimum Gasteiger partial charge on any atom is -0.351 e. The minimum absolute atomic E-state index is 0.0736. The van der Waals surface area contributed by atoms with Crippen LogP contribution in [0.1, 0.15) is 49.3 Å². The number of hydrogen-bond donors (Lipinski definition) is 1. The molecule has 1 aliphatic rings. The average Bonchev–Trinajstić information content (AvgIpc) is 3.15. The van der Waals surface area contributed by atoms with E-state index in [1.165, 1.54) is 12.5 Å². The number of nitrogens with zero attached hydrogens (tertiary/aromatic N) is 3. The third-order valence-corrected chi connectivity index (χ3v) is 4.59. The Bertz CT molecular complexity index is 763. The number of amides is 2. The molecule has 6 nitrogen and oxygen atoms in total. The molecule has 1 aliphatic heterocycles. The van der Waals surface area contributed by atoms with Crippen LogP contribution < -0.4 is 5.32 Å². The second kappa shape index (κ2) is 8.56. The molecule has 0 saturated carbocycles. The summed E-state index contributed by atoms with van der Waals surface area (Å²) < 4.78 is 0. The quantitative estimate of drug-likeness (QED) is 0.866. The van der Waals surface area contributed by atoms with Gasteiger partial charge in [-0.25, -0.2) is 9.97 Å². The number of nitrogens with one attached hydrogen (secondary N) is 1. The molecule has 3 rings (SSSR count). The van der Waals surface area contributed by atoms with Gasteiger partial charge in [-0.05, 0) is 30.9 Å². The summed E-state index contributed by atoms with van der Waals surface area (Å²) in [5.74, 6) is 0.717. The highest BCUT2D eigenvalue weighted by molar-refractivity contribution is 5.77. The molecule has 0 radical (unpaired) electrons. The first-order valence-corrected chi connectivity index (χ1v) is 9.03. The summed E-state index contributed by atoms with van der Waals surface area (Å²) in [6.07, 6.45) is 4.77. The second-order valence-corrected chi connectivity index (χ2v) is 6.55. The highest BCUT2D eigenvalue weighted by Gasteiger charge is 2.31. The molecule has 1 saturated heterocycles. The topological polar surface area (TPSA) is 75.2 Å². The van der Waals surface area contributed by atoms with Crippen molar-refractivity contribution < 1.29 is 9.59 Å². The first kappa shape index (κ1) is 18.0. The normalized spacial score (nSPS) is 16.5. The lowest BCUT2D eigenvalue weighted by atomic mass is 10.1. The van der Waals surface area contributed by atoms with E-state index >= 15 is 0 Å². The van der Waals surface area contributed by atoms with Crippen molar-refractivity contribution in [1.29, 1.82) is 0 Å². The van der Waals surface area contributed by atoms with E-state index in [4.69, 9.17) is 0 Å². The number of benzene rings is 1. The zero-order valence-corrected chi connectivity index (χ0v) is 15.0. The second-order valence-electron chi connectivity index (χ2n) is 6.55. The van der Waals surface area contributed by atoms with Gasteiger partial charge in [-0.3, -0.25) is 9.59 Å². The molecule has 0 bridgehead atoms. The fourth-order valence-corrected chi connectivity index (χ4v) is 3.26. The van der Waals surface area contributed by atoms with Crippen LogP contribution in [-0.2, 0) is 22.6 Å². The van der Waals surface area contributed by atoms with Crippen molar-refractivity contribution in [2.45, 2.75) is 45.2 Å². The van der Waals surface area contributed by atoms with E-state index < -0.39 is 0 Å². The predicted molar refractivity (Wildman–Crippen MR) is 98.0 cm³/mol. The number of carbonyl (C=O) groups excluding carboxylic acids is 2. The van der Waals surface area contributed by atoms with Crippen LogP contribution >= 0.6 is 0 Å². The summed E-state index contributed by atoms with van der Waals surface area (Å²) in [7, 11) is 0. The first-order chi connectivity index (χ1) is 12.6. The van der Waals surface area contributed by atoms with Crippen molar-refractivity contribution in [2.24, 2.45) is 0 Å². The van der Waals surface area contributed by atoms with Gasteiger partial charge in [-0.15, -0.1) is 0 Å². The molecule has 1 aromatic carbocycles. The third kappa shape index (κ3) is 4.65. The number of likely N-dealkylation sites (tertiary alicyclic amines) is 1. The minimum atomic E-state index is -0.0938. The highest BCUT2D eigenvalue weighted by atomic mass is 16.2. The van der Waals surface area contributed by atoms with Crippen LogP contribution in [0.4, 0.5) is 0 Å². The Labute approximate surface area is 153 Å². The van der Waals surface area contributed by atoms with Crippen LogP contribution in [0.5, 0.6) is 0 Å². The van der Waals surface area contributed by atoms with E-state index in [1.807, 2.05) is 35.2 Å². The van der Waals surface area contributed by atoms with Crippen molar-refractivity contribution >= 4 is 11.8 Å². The van der Waals surface area contributed by atoms with Crippen molar-refractivity contribution in [1.82, 2.24) is 20.2 Å². The van der Waals surface area contributed by atoms with Crippen molar-refractivity contribution in [3.63, 3.8) is 0 Å². The number of aromatic nitrogens is 2. The molecule has 6 heteroatoms. The number of aryl methyl sites for hydroxylation is 1. The van der Waals surface area contributed by atoms with Gasteiger partial charge in [0.2, 0.25) is 11.8 Å². The van der Waals surface area contributed by atoms with E-state index in [9.17, 15) is 9.59 Å². The number of rotatable bonds is 6. The molecule has 1 fully saturated rings.